The van der Waals surface area contributed by atoms with Crippen LogP contribution in [0.1, 0.15) is 12.8 Å². The van der Waals surface area contributed by atoms with Gasteiger partial charge in [0.2, 0.25) is 0 Å². The molecular weight excluding hydrogens is 226 g/mol. The molecule has 1 aromatic heterocycles. The summed E-state index contributed by atoms with van der Waals surface area (Å²) in [6.07, 6.45) is 4.38. The highest BCUT2D eigenvalue weighted by Crippen LogP contribution is 2.24. The molecule has 95 valence electrons. The predicted molar refractivity (Wildman–Crippen MR) is 70.9 cm³/mol. The van der Waals surface area contributed by atoms with E-state index in [2.05, 4.69) is 22.9 Å². The van der Waals surface area contributed by atoms with Gasteiger partial charge in [0.15, 0.2) is 0 Å². The molecule has 2 aromatic rings. The minimum absolute atomic E-state index is 0.727. The Morgan fingerprint density at radius 2 is 2.22 bits per heavy atom. The summed E-state index contributed by atoms with van der Waals surface area (Å²) in [4.78, 5) is 0. The van der Waals surface area contributed by atoms with Crippen LogP contribution in [0.2, 0.25) is 0 Å². The summed E-state index contributed by atoms with van der Waals surface area (Å²) in [7, 11) is 1.69. The van der Waals surface area contributed by atoms with Crippen LogP contribution in [0.15, 0.2) is 24.4 Å². The molecule has 1 fully saturated rings. The highest BCUT2D eigenvalue weighted by molar-refractivity contribution is 5.81. The Bertz CT molecular complexity index is 526. The van der Waals surface area contributed by atoms with Crippen LogP contribution in [-0.4, -0.2) is 24.9 Å². The van der Waals surface area contributed by atoms with E-state index in [0.717, 1.165) is 49.7 Å². The van der Waals surface area contributed by atoms with Crippen LogP contribution in [0, 0.1) is 12.0 Å². The second-order valence-corrected chi connectivity index (χ2v) is 4.86. The molecule has 0 N–H and O–H groups in total. The molecule has 3 nitrogen and oxygen atoms in total. The minimum Gasteiger partial charge on any atom is -0.497 e. The number of fused-ring (bicyclic) bond motifs is 1. The monoisotopic (exact) mass is 244 g/mol. The summed E-state index contributed by atoms with van der Waals surface area (Å²) >= 11 is 0. The summed E-state index contributed by atoms with van der Waals surface area (Å²) in [6, 6.07) is 9.47. The van der Waals surface area contributed by atoms with E-state index in [1.54, 1.807) is 7.11 Å². The first kappa shape index (κ1) is 11.6. The van der Waals surface area contributed by atoms with Gasteiger partial charge >= 0.3 is 0 Å². The molecule has 0 unspecified atom stereocenters. The van der Waals surface area contributed by atoms with Gasteiger partial charge in [-0.1, -0.05) is 0 Å². The lowest BCUT2D eigenvalue weighted by Gasteiger charge is -2.22. The van der Waals surface area contributed by atoms with E-state index in [0.29, 0.717) is 0 Å². The van der Waals surface area contributed by atoms with Crippen molar-refractivity contribution in [2.45, 2.75) is 19.4 Å². The van der Waals surface area contributed by atoms with Gasteiger partial charge in [0.1, 0.15) is 5.75 Å². The Morgan fingerprint density at radius 1 is 1.39 bits per heavy atom. The molecule has 1 aliphatic heterocycles. The zero-order valence-electron chi connectivity index (χ0n) is 10.7. The van der Waals surface area contributed by atoms with Crippen molar-refractivity contribution >= 4 is 10.9 Å². The predicted octanol–water partition coefficient (Wildman–Crippen LogP) is 2.88. The van der Waals surface area contributed by atoms with Crippen molar-refractivity contribution < 1.29 is 9.47 Å². The number of methoxy groups -OCH3 is 1. The standard InChI is InChI=1S/C15H18NO2/c1-17-14-2-3-15-13(10-14)4-7-16(15)11-12-5-8-18-9-6-12/h2-3,7,10,12H,5-6,8-9,11H2,1H3. The van der Waals surface area contributed by atoms with Crippen molar-refractivity contribution in [3.8, 4) is 5.75 Å². The molecule has 0 saturated carbocycles. The van der Waals surface area contributed by atoms with Crippen molar-refractivity contribution in [1.82, 2.24) is 4.57 Å². The van der Waals surface area contributed by atoms with E-state index in [1.165, 1.54) is 5.52 Å². The maximum atomic E-state index is 5.40. The van der Waals surface area contributed by atoms with Crippen LogP contribution in [0.3, 0.4) is 0 Å². The summed E-state index contributed by atoms with van der Waals surface area (Å²) in [5.41, 5.74) is 1.24. The molecule has 1 aliphatic rings. The second kappa shape index (κ2) is 5.02. The maximum absolute atomic E-state index is 5.40. The smallest absolute Gasteiger partial charge is 0.119 e. The van der Waals surface area contributed by atoms with Crippen molar-refractivity contribution in [2.75, 3.05) is 20.3 Å². The van der Waals surface area contributed by atoms with Crippen LogP contribution in [0.5, 0.6) is 5.75 Å². The Morgan fingerprint density at radius 3 is 3.00 bits per heavy atom. The first-order valence-corrected chi connectivity index (χ1v) is 6.49. The number of nitrogens with zero attached hydrogens (tertiary/aromatic N) is 1. The fraction of sp³-hybridized carbons (Fsp3) is 0.467. The molecule has 0 aliphatic carbocycles. The van der Waals surface area contributed by atoms with Gasteiger partial charge in [0.05, 0.1) is 7.11 Å². The molecule has 1 radical (unpaired) electrons. The second-order valence-electron chi connectivity index (χ2n) is 4.86. The molecule has 1 saturated heterocycles. The number of aromatic nitrogens is 1. The third-order valence-corrected chi connectivity index (χ3v) is 3.68. The maximum Gasteiger partial charge on any atom is 0.119 e. The van der Waals surface area contributed by atoms with Crippen LogP contribution in [0.25, 0.3) is 10.9 Å². The van der Waals surface area contributed by atoms with E-state index in [9.17, 15) is 0 Å². The Hall–Kier alpha value is -1.48. The van der Waals surface area contributed by atoms with Crippen LogP contribution >= 0.6 is 0 Å². The molecular formula is C15H18NO2. The first-order valence-electron chi connectivity index (χ1n) is 6.49. The largest absolute Gasteiger partial charge is 0.497 e. The minimum atomic E-state index is 0.727. The number of rotatable bonds is 3. The Balaban J connectivity index is 1.83. The lowest BCUT2D eigenvalue weighted by Crippen LogP contribution is -2.19. The highest BCUT2D eigenvalue weighted by atomic mass is 16.5. The molecule has 0 bridgehead atoms. The number of hydrogen-bond donors (Lipinski definition) is 0. The van der Waals surface area contributed by atoms with Gasteiger partial charge in [-0.3, -0.25) is 0 Å². The van der Waals surface area contributed by atoms with Gasteiger partial charge in [-0.15, -0.1) is 0 Å². The number of benzene rings is 1. The fourth-order valence-corrected chi connectivity index (χ4v) is 2.58. The van der Waals surface area contributed by atoms with Gasteiger partial charge in [-0.25, -0.2) is 0 Å². The first-order chi connectivity index (χ1) is 8.86. The van der Waals surface area contributed by atoms with E-state index >= 15 is 0 Å². The lowest BCUT2D eigenvalue weighted by atomic mass is 10.0. The normalized spacial score (nSPS) is 17.2. The van der Waals surface area contributed by atoms with Gasteiger partial charge in [0.25, 0.3) is 0 Å². The van der Waals surface area contributed by atoms with Gasteiger partial charge in [-0.2, -0.15) is 0 Å². The van der Waals surface area contributed by atoms with Gasteiger partial charge in [-0.05, 0) is 37.0 Å². The molecule has 0 spiro atoms. The van der Waals surface area contributed by atoms with Crippen molar-refractivity contribution in [3.05, 3.63) is 30.5 Å². The fourth-order valence-electron chi connectivity index (χ4n) is 2.58. The van der Waals surface area contributed by atoms with Crippen molar-refractivity contribution in [1.29, 1.82) is 0 Å². The van der Waals surface area contributed by atoms with Crippen LogP contribution in [-0.2, 0) is 11.3 Å². The molecule has 2 heterocycles. The van der Waals surface area contributed by atoms with E-state index < -0.39 is 0 Å². The Labute approximate surface area is 107 Å². The van der Waals surface area contributed by atoms with Gasteiger partial charge < -0.3 is 14.0 Å². The third kappa shape index (κ3) is 2.23. The average Bonchev–Trinajstić information content (AvgIpc) is 2.82. The zero-order valence-corrected chi connectivity index (χ0v) is 10.7. The molecule has 3 heteroatoms. The summed E-state index contributed by atoms with van der Waals surface area (Å²) < 4.78 is 12.9. The molecule has 18 heavy (non-hydrogen) atoms. The zero-order chi connectivity index (χ0) is 12.4. The third-order valence-electron chi connectivity index (χ3n) is 3.68. The van der Waals surface area contributed by atoms with Crippen molar-refractivity contribution in [2.24, 2.45) is 5.92 Å². The summed E-state index contributed by atoms with van der Waals surface area (Å²) in [5, 5.41) is 1.13. The van der Waals surface area contributed by atoms with Crippen LogP contribution in [0.4, 0.5) is 0 Å². The summed E-state index contributed by atoms with van der Waals surface area (Å²) in [6.45, 7) is 2.87. The van der Waals surface area contributed by atoms with E-state index in [-0.39, 0.29) is 0 Å². The van der Waals surface area contributed by atoms with Crippen molar-refractivity contribution in [3.63, 3.8) is 0 Å². The average molecular weight is 244 g/mol. The van der Waals surface area contributed by atoms with Gasteiger partial charge in [0, 0.05) is 42.9 Å². The highest BCUT2D eigenvalue weighted by Gasteiger charge is 2.15. The number of ether oxygens (including phenoxy) is 2. The summed E-state index contributed by atoms with van der Waals surface area (Å²) in [5.74, 6) is 1.62. The lowest BCUT2D eigenvalue weighted by molar-refractivity contribution is 0.0616. The molecule has 3 rings (SSSR count). The number of hydrogen-bond acceptors (Lipinski definition) is 2. The Kier molecular flexibility index (Phi) is 3.24. The quantitative estimate of drug-likeness (QED) is 0.828. The van der Waals surface area contributed by atoms with Crippen LogP contribution < -0.4 is 4.74 Å². The SMILES string of the molecule is COc1ccc2c([c]cn2CC2CCOCC2)c1. The topological polar surface area (TPSA) is 23.4 Å². The molecule has 0 amide bonds. The van der Waals surface area contributed by atoms with E-state index in [4.69, 9.17) is 9.47 Å². The van der Waals surface area contributed by atoms with E-state index in [1.807, 2.05) is 12.1 Å². The molecule has 0 atom stereocenters. The molecule has 1 aromatic carbocycles.